The van der Waals surface area contributed by atoms with Gasteiger partial charge >= 0.3 is 5.97 Å². The lowest BCUT2D eigenvalue weighted by molar-refractivity contribution is -0.385. The Hall–Kier alpha value is -1.98. The van der Waals surface area contributed by atoms with Gasteiger partial charge in [-0.3, -0.25) is 10.1 Å². The number of rotatable bonds is 3. The second-order valence-corrected chi connectivity index (χ2v) is 3.06. The predicted molar refractivity (Wildman–Crippen MR) is 53.8 cm³/mol. The van der Waals surface area contributed by atoms with Crippen LogP contribution in [0.15, 0.2) is 12.1 Å². The van der Waals surface area contributed by atoms with Crippen LogP contribution in [0.5, 0.6) is 0 Å². The van der Waals surface area contributed by atoms with Gasteiger partial charge in [0.1, 0.15) is 11.4 Å². The van der Waals surface area contributed by atoms with Gasteiger partial charge in [0, 0.05) is 0 Å². The van der Waals surface area contributed by atoms with E-state index in [4.69, 9.17) is 0 Å². The van der Waals surface area contributed by atoms with Gasteiger partial charge in [-0.15, -0.1) is 0 Å². The van der Waals surface area contributed by atoms with Crippen molar-refractivity contribution in [3.63, 3.8) is 0 Å². The molecule has 0 aliphatic heterocycles. The zero-order chi connectivity index (χ0) is 12.3. The molecule has 16 heavy (non-hydrogen) atoms. The van der Waals surface area contributed by atoms with Crippen LogP contribution in [0.2, 0.25) is 0 Å². The van der Waals surface area contributed by atoms with Crippen molar-refractivity contribution in [1.82, 2.24) is 0 Å². The number of aryl methyl sites for hydroxylation is 1. The standard InChI is InChI=1S/C10H10FNO4/c1-3-6-4-7(10(13)16-2)9(12(14)15)5-8(6)11/h4-5H,3H2,1-2H3. The summed E-state index contributed by atoms with van der Waals surface area (Å²) >= 11 is 0. The Balaban J connectivity index is 3.42. The van der Waals surface area contributed by atoms with Gasteiger partial charge in [0.25, 0.3) is 5.69 Å². The highest BCUT2D eigenvalue weighted by atomic mass is 19.1. The molecule has 0 N–H and O–H groups in total. The Morgan fingerprint density at radius 1 is 1.56 bits per heavy atom. The number of methoxy groups -OCH3 is 1. The summed E-state index contributed by atoms with van der Waals surface area (Å²) in [5, 5.41) is 10.6. The number of carbonyl (C=O) groups excluding carboxylic acids is 1. The quantitative estimate of drug-likeness (QED) is 0.450. The summed E-state index contributed by atoms with van der Waals surface area (Å²) in [5.41, 5.74) is -0.571. The summed E-state index contributed by atoms with van der Waals surface area (Å²) in [6, 6.07) is 1.89. The molecule has 0 unspecified atom stereocenters. The molecule has 1 aromatic carbocycles. The van der Waals surface area contributed by atoms with Crippen LogP contribution in [0.4, 0.5) is 10.1 Å². The third-order valence-electron chi connectivity index (χ3n) is 2.15. The van der Waals surface area contributed by atoms with Gasteiger partial charge in [0.05, 0.1) is 18.1 Å². The van der Waals surface area contributed by atoms with Crippen molar-refractivity contribution < 1.29 is 18.8 Å². The molecule has 0 radical (unpaired) electrons. The average Bonchev–Trinajstić information content (AvgIpc) is 2.27. The average molecular weight is 227 g/mol. The SMILES string of the molecule is CCc1cc(C(=O)OC)c([N+](=O)[O-])cc1F. The lowest BCUT2D eigenvalue weighted by Crippen LogP contribution is -2.07. The molecule has 0 spiro atoms. The lowest BCUT2D eigenvalue weighted by atomic mass is 10.1. The molecule has 86 valence electrons. The highest BCUT2D eigenvalue weighted by Gasteiger charge is 2.23. The van der Waals surface area contributed by atoms with Crippen molar-refractivity contribution in [3.05, 3.63) is 39.2 Å². The largest absolute Gasteiger partial charge is 0.465 e. The van der Waals surface area contributed by atoms with Crippen LogP contribution >= 0.6 is 0 Å². The predicted octanol–water partition coefficient (Wildman–Crippen LogP) is 2.08. The highest BCUT2D eigenvalue weighted by Crippen LogP contribution is 2.23. The molecule has 0 atom stereocenters. The fourth-order valence-electron chi connectivity index (χ4n) is 1.30. The molecule has 5 nitrogen and oxygen atoms in total. The number of hydrogen-bond acceptors (Lipinski definition) is 4. The number of nitro groups is 1. The van der Waals surface area contributed by atoms with E-state index in [1.807, 2.05) is 0 Å². The summed E-state index contributed by atoms with van der Waals surface area (Å²) in [4.78, 5) is 21.1. The molecule has 1 rings (SSSR count). The highest BCUT2D eigenvalue weighted by molar-refractivity contribution is 5.94. The Morgan fingerprint density at radius 3 is 2.62 bits per heavy atom. The summed E-state index contributed by atoms with van der Waals surface area (Å²) in [7, 11) is 1.11. The lowest BCUT2D eigenvalue weighted by Gasteiger charge is -2.04. The van der Waals surface area contributed by atoms with E-state index < -0.39 is 22.4 Å². The minimum Gasteiger partial charge on any atom is -0.465 e. The number of hydrogen-bond donors (Lipinski definition) is 0. The number of nitrogens with zero attached hydrogens (tertiary/aromatic N) is 1. The van der Waals surface area contributed by atoms with E-state index in [-0.39, 0.29) is 11.1 Å². The minimum atomic E-state index is -0.846. The maximum absolute atomic E-state index is 13.3. The zero-order valence-electron chi connectivity index (χ0n) is 8.82. The first-order valence-electron chi connectivity index (χ1n) is 4.56. The Bertz CT molecular complexity index is 445. The number of carbonyl (C=O) groups is 1. The molecule has 0 fully saturated rings. The van der Waals surface area contributed by atoms with Crippen LogP contribution in [0.25, 0.3) is 0 Å². The molecule has 0 saturated carbocycles. The van der Waals surface area contributed by atoms with Gasteiger partial charge in [-0.05, 0) is 18.1 Å². The minimum absolute atomic E-state index is 0.231. The second-order valence-electron chi connectivity index (χ2n) is 3.06. The Morgan fingerprint density at radius 2 is 2.19 bits per heavy atom. The van der Waals surface area contributed by atoms with Crippen LogP contribution in [0, 0.1) is 15.9 Å². The van der Waals surface area contributed by atoms with Gasteiger partial charge in [0.15, 0.2) is 0 Å². The topological polar surface area (TPSA) is 69.4 Å². The number of esters is 1. The summed E-state index contributed by atoms with van der Waals surface area (Å²) < 4.78 is 17.7. The summed E-state index contributed by atoms with van der Waals surface area (Å²) in [6.07, 6.45) is 0.341. The molecule has 6 heteroatoms. The van der Waals surface area contributed by atoms with Crippen molar-refractivity contribution in [1.29, 1.82) is 0 Å². The molecule has 0 aliphatic rings. The van der Waals surface area contributed by atoms with E-state index in [0.29, 0.717) is 6.42 Å². The van der Waals surface area contributed by atoms with Crippen LogP contribution in [0.1, 0.15) is 22.8 Å². The first-order chi connectivity index (χ1) is 7.51. The zero-order valence-corrected chi connectivity index (χ0v) is 8.82. The van der Waals surface area contributed by atoms with Crippen molar-refractivity contribution >= 4 is 11.7 Å². The van der Waals surface area contributed by atoms with Gasteiger partial charge in [-0.2, -0.15) is 0 Å². The number of benzene rings is 1. The van der Waals surface area contributed by atoms with Crippen molar-refractivity contribution in [2.75, 3.05) is 7.11 Å². The maximum atomic E-state index is 13.3. The molecule has 0 aromatic heterocycles. The third-order valence-corrected chi connectivity index (χ3v) is 2.15. The van der Waals surface area contributed by atoms with Crippen molar-refractivity contribution in [2.24, 2.45) is 0 Å². The molecular formula is C10H10FNO4. The number of nitro benzene ring substituents is 1. The number of halogens is 1. The molecule has 0 saturated heterocycles. The van der Waals surface area contributed by atoms with Crippen LogP contribution < -0.4 is 0 Å². The smallest absolute Gasteiger partial charge is 0.344 e. The van der Waals surface area contributed by atoms with E-state index in [0.717, 1.165) is 19.2 Å². The molecule has 0 aliphatic carbocycles. The summed E-state index contributed by atoms with van der Waals surface area (Å²) in [6.45, 7) is 1.69. The van der Waals surface area contributed by atoms with E-state index in [1.54, 1.807) is 6.92 Å². The maximum Gasteiger partial charge on any atom is 0.344 e. The van der Waals surface area contributed by atoms with E-state index in [1.165, 1.54) is 0 Å². The van der Waals surface area contributed by atoms with Gasteiger partial charge in [-0.1, -0.05) is 6.92 Å². The van der Waals surface area contributed by atoms with E-state index in [2.05, 4.69) is 4.74 Å². The summed E-state index contributed by atoms with van der Waals surface area (Å²) in [5.74, 6) is -1.54. The van der Waals surface area contributed by atoms with E-state index >= 15 is 0 Å². The molecule has 1 aromatic rings. The van der Waals surface area contributed by atoms with Crippen LogP contribution in [-0.4, -0.2) is 18.0 Å². The molecule has 0 amide bonds. The molecular weight excluding hydrogens is 217 g/mol. The first kappa shape index (κ1) is 12.1. The van der Waals surface area contributed by atoms with Crippen molar-refractivity contribution in [2.45, 2.75) is 13.3 Å². The van der Waals surface area contributed by atoms with Gasteiger partial charge in [0.2, 0.25) is 0 Å². The fourth-order valence-corrected chi connectivity index (χ4v) is 1.30. The number of ether oxygens (including phenoxy) is 1. The van der Waals surface area contributed by atoms with Gasteiger partial charge < -0.3 is 4.74 Å². The Labute approximate surface area is 91.0 Å². The fraction of sp³-hybridized carbons (Fsp3) is 0.300. The molecule has 0 heterocycles. The normalized spacial score (nSPS) is 9.94. The van der Waals surface area contributed by atoms with Crippen LogP contribution in [-0.2, 0) is 11.2 Å². The molecule has 0 bridgehead atoms. The van der Waals surface area contributed by atoms with Crippen molar-refractivity contribution in [3.8, 4) is 0 Å². The van der Waals surface area contributed by atoms with Gasteiger partial charge in [-0.25, -0.2) is 9.18 Å². The first-order valence-corrected chi connectivity index (χ1v) is 4.56. The van der Waals surface area contributed by atoms with E-state index in [9.17, 15) is 19.3 Å². The monoisotopic (exact) mass is 227 g/mol. The van der Waals surface area contributed by atoms with Crippen LogP contribution in [0.3, 0.4) is 0 Å². The Kier molecular flexibility index (Phi) is 3.55. The second kappa shape index (κ2) is 4.69. The third kappa shape index (κ3) is 2.16.